The van der Waals surface area contributed by atoms with Crippen LogP contribution in [0.3, 0.4) is 0 Å². The van der Waals surface area contributed by atoms with Gasteiger partial charge in [0.05, 0.1) is 25.9 Å². The van der Waals surface area contributed by atoms with Crippen LogP contribution in [0.1, 0.15) is 0 Å². The van der Waals surface area contributed by atoms with Gasteiger partial charge in [0.25, 0.3) is 0 Å². The summed E-state index contributed by atoms with van der Waals surface area (Å²) in [5.74, 6) is 0. The second kappa shape index (κ2) is 4.48. The van der Waals surface area contributed by atoms with Crippen molar-refractivity contribution >= 4 is 22.6 Å². The Balaban J connectivity index is 2.17. The molecule has 0 unspecified atom stereocenters. The van der Waals surface area contributed by atoms with E-state index in [2.05, 4.69) is 22.6 Å². The lowest BCUT2D eigenvalue weighted by atomic mass is 10.3. The van der Waals surface area contributed by atoms with Crippen molar-refractivity contribution in [1.82, 2.24) is 0 Å². The molecule has 1 saturated heterocycles. The Kier molecular flexibility index (Phi) is 3.90. The van der Waals surface area contributed by atoms with Crippen LogP contribution in [-0.4, -0.2) is 41.6 Å². The fourth-order valence-electron chi connectivity index (χ4n) is 0.778. The standard InChI is InChI=1S/C6H11IO3/c7-1-5-3-10-6(2-8)4-9-5/h5-6,8H,1-4H2/t5-,6+/m0/s1. The van der Waals surface area contributed by atoms with Gasteiger partial charge in [-0.15, -0.1) is 0 Å². The number of hydrogen-bond donors (Lipinski definition) is 1. The van der Waals surface area contributed by atoms with E-state index in [1.807, 2.05) is 0 Å². The first-order chi connectivity index (χ1) is 4.86. The van der Waals surface area contributed by atoms with E-state index in [0.717, 1.165) is 4.43 Å². The van der Waals surface area contributed by atoms with Gasteiger partial charge in [0.2, 0.25) is 0 Å². The van der Waals surface area contributed by atoms with Crippen LogP contribution in [0.25, 0.3) is 0 Å². The van der Waals surface area contributed by atoms with Crippen molar-refractivity contribution in [2.45, 2.75) is 12.2 Å². The van der Waals surface area contributed by atoms with Crippen molar-refractivity contribution in [1.29, 1.82) is 0 Å². The second-order valence-electron chi connectivity index (χ2n) is 2.25. The highest BCUT2D eigenvalue weighted by Gasteiger charge is 2.19. The van der Waals surface area contributed by atoms with Gasteiger partial charge in [0.15, 0.2) is 0 Å². The van der Waals surface area contributed by atoms with E-state index in [0.29, 0.717) is 13.2 Å². The summed E-state index contributed by atoms with van der Waals surface area (Å²) >= 11 is 2.26. The summed E-state index contributed by atoms with van der Waals surface area (Å²) in [4.78, 5) is 0. The lowest BCUT2D eigenvalue weighted by Crippen LogP contribution is -2.38. The molecule has 10 heavy (non-hydrogen) atoms. The highest BCUT2D eigenvalue weighted by molar-refractivity contribution is 14.1. The van der Waals surface area contributed by atoms with Crippen LogP contribution in [0.4, 0.5) is 0 Å². The maximum absolute atomic E-state index is 8.64. The van der Waals surface area contributed by atoms with Gasteiger partial charge in [-0.05, 0) is 0 Å². The van der Waals surface area contributed by atoms with E-state index in [4.69, 9.17) is 14.6 Å². The molecule has 1 aliphatic rings. The molecule has 0 aromatic carbocycles. The lowest BCUT2D eigenvalue weighted by molar-refractivity contribution is -0.136. The summed E-state index contributed by atoms with van der Waals surface area (Å²) in [5, 5.41) is 8.64. The van der Waals surface area contributed by atoms with Crippen LogP contribution in [0.15, 0.2) is 0 Å². The van der Waals surface area contributed by atoms with Crippen molar-refractivity contribution < 1.29 is 14.6 Å². The van der Waals surface area contributed by atoms with Gasteiger partial charge in [0.1, 0.15) is 6.10 Å². The van der Waals surface area contributed by atoms with Gasteiger partial charge < -0.3 is 14.6 Å². The largest absolute Gasteiger partial charge is 0.394 e. The maximum atomic E-state index is 8.64. The maximum Gasteiger partial charge on any atom is 0.104 e. The van der Waals surface area contributed by atoms with Gasteiger partial charge >= 0.3 is 0 Å². The first kappa shape index (κ1) is 8.70. The molecule has 1 heterocycles. The monoisotopic (exact) mass is 258 g/mol. The van der Waals surface area contributed by atoms with Gasteiger partial charge in [-0.25, -0.2) is 0 Å². The van der Waals surface area contributed by atoms with E-state index in [1.54, 1.807) is 0 Å². The zero-order valence-electron chi connectivity index (χ0n) is 5.62. The molecule has 1 aliphatic heterocycles. The van der Waals surface area contributed by atoms with Crippen LogP contribution < -0.4 is 0 Å². The minimum atomic E-state index is -0.0980. The third kappa shape index (κ3) is 2.34. The SMILES string of the molecule is OC[C@@H]1CO[C@@H](CI)CO1. The van der Waals surface area contributed by atoms with Crippen molar-refractivity contribution in [2.75, 3.05) is 24.2 Å². The number of aliphatic hydroxyl groups is 1. The van der Waals surface area contributed by atoms with E-state index in [9.17, 15) is 0 Å². The van der Waals surface area contributed by atoms with E-state index >= 15 is 0 Å². The highest BCUT2D eigenvalue weighted by atomic mass is 127. The quantitative estimate of drug-likeness (QED) is 0.568. The summed E-state index contributed by atoms with van der Waals surface area (Å²) in [6, 6.07) is 0. The summed E-state index contributed by atoms with van der Waals surface area (Å²) in [5.41, 5.74) is 0. The summed E-state index contributed by atoms with van der Waals surface area (Å²) < 4.78 is 11.5. The molecule has 60 valence electrons. The zero-order valence-corrected chi connectivity index (χ0v) is 7.78. The van der Waals surface area contributed by atoms with Crippen molar-refractivity contribution in [3.8, 4) is 0 Å². The van der Waals surface area contributed by atoms with Crippen LogP contribution in [0.5, 0.6) is 0 Å². The van der Waals surface area contributed by atoms with Gasteiger partial charge in [-0.1, -0.05) is 22.6 Å². The molecule has 1 rings (SSSR count). The van der Waals surface area contributed by atoms with E-state index in [1.165, 1.54) is 0 Å². The van der Waals surface area contributed by atoms with Crippen LogP contribution in [0.2, 0.25) is 0 Å². The highest BCUT2D eigenvalue weighted by Crippen LogP contribution is 2.08. The number of hydrogen-bond acceptors (Lipinski definition) is 3. The van der Waals surface area contributed by atoms with Gasteiger partial charge in [0, 0.05) is 4.43 Å². The minimum absolute atomic E-state index is 0.0635. The average molecular weight is 258 g/mol. The molecule has 0 radical (unpaired) electrons. The smallest absolute Gasteiger partial charge is 0.104 e. The number of aliphatic hydroxyl groups excluding tert-OH is 1. The summed E-state index contributed by atoms with van der Waals surface area (Å²) in [7, 11) is 0. The zero-order chi connectivity index (χ0) is 7.40. The third-order valence-electron chi connectivity index (χ3n) is 1.41. The second-order valence-corrected chi connectivity index (χ2v) is 3.13. The number of halogens is 1. The molecule has 0 aromatic heterocycles. The lowest BCUT2D eigenvalue weighted by Gasteiger charge is -2.27. The molecule has 2 atom stereocenters. The van der Waals surface area contributed by atoms with E-state index < -0.39 is 0 Å². The van der Waals surface area contributed by atoms with Crippen LogP contribution >= 0.6 is 22.6 Å². The molecule has 4 heteroatoms. The molecule has 0 aliphatic carbocycles. The number of ether oxygens (including phenoxy) is 2. The molecule has 0 aromatic rings. The van der Waals surface area contributed by atoms with Gasteiger partial charge in [-0.3, -0.25) is 0 Å². The molecule has 0 saturated carbocycles. The Labute approximate surface area is 73.8 Å². The normalized spacial score (nSPS) is 34.2. The molecule has 1 N–H and O–H groups in total. The molecular formula is C6H11IO3. The molecule has 0 bridgehead atoms. The predicted octanol–water partition coefficient (Wildman–Crippen LogP) is 0.198. The molecular weight excluding hydrogens is 247 g/mol. The Morgan fingerprint density at radius 2 is 1.90 bits per heavy atom. The Morgan fingerprint density at radius 1 is 1.30 bits per heavy atom. The average Bonchev–Trinajstić information content (AvgIpc) is 2.05. The molecule has 1 fully saturated rings. The summed E-state index contributed by atoms with van der Waals surface area (Å²) in [6.07, 6.45) is 0.127. The topological polar surface area (TPSA) is 38.7 Å². The van der Waals surface area contributed by atoms with Crippen molar-refractivity contribution in [3.05, 3.63) is 0 Å². The summed E-state index contributed by atoms with van der Waals surface area (Å²) in [6.45, 7) is 1.21. The van der Waals surface area contributed by atoms with Crippen LogP contribution in [-0.2, 0) is 9.47 Å². The van der Waals surface area contributed by atoms with Crippen molar-refractivity contribution in [2.24, 2.45) is 0 Å². The Bertz CT molecular complexity index is 79.0. The van der Waals surface area contributed by atoms with Crippen LogP contribution in [0, 0.1) is 0 Å². The van der Waals surface area contributed by atoms with Crippen molar-refractivity contribution in [3.63, 3.8) is 0 Å². The first-order valence-corrected chi connectivity index (χ1v) is 4.79. The number of rotatable bonds is 2. The third-order valence-corrected chi connectivity index (χ3v) is 2.39. The van der Waals surface area contributed by atoms with Gasteiger partial charge in [-0.2, -0.15) is 0 Å². The van der Waals surface area contributed by atoms with E-state index in [-0.39, 0.29) is 18.8 Å². The fraction of sp³-hybridized carbons (Fsp3) is 1.00. The minimum Gasteiger partial charge on any atom is -0.394 e. The predicted molar refractivity (Wildman–Crippen MR) is 45.5 cm³/mol. The Morgan fingerprint density at radius 3 is 2.30 bits per heavy atom. The molecule has 0 spiro atoms. The first-order valence-electron chi connectivity index (χ1n) is 3.27. The Hall–Kier alpha value is 0.610. The molecule has 3 nitrogen and oxygen atoms in total. The molecule has 0 amide bonds. The fourth-order valence-corrected chi connectivity index (χ4v) is 1.29. The number of alkyl halides is 1.